The van der Waals surface area contributed by atoms with Gasteiger partial charge in [-0.1, -0.05) is 6.07 Å². The van der Waals surface area contributed by atoms with Crippen LogP contribution in [0.25, 0.3) is 0 Å². The Hall–Kier alpha value is -1.91. The molecule has 0 aromatic heterocycles. The predicted octanol–water partition coefficient (Wildman–Crippen LogP) is 1.96. The second-order valence-corrected chi connectivity index (χ2v) is 5.86. The number of benzene rings is 1. The summed E-state index contributed by atoms with van der Waals surface area (Å²) in [5.41, 5.74) is 0.339. The van der Waals surface area contributed by atoms with E-state index in [1.54, 1.807) is 6.07 Å². The van der Waals surface area contributed by atoms with Crippen LogP contribution in [-0.2, 0) is 4.79 Å². The van der Waals surface area contributed by atoms with Gasteiger partial charge in [-0.05, 0) is 43.9 Å². The van der Waals surface area contributed by atoms with Crippen molar-refractivity contribution in [3.63, 3.8) is 0 Å². The van der Waals surface area contributed by atoms with Crippen molar-refractivity contribution in [3.05, 3.63) is 35.6 Å². The van der Waals surface area contributed by atoms with Gasteiger partial charge in [-0.2, -0.15) is 0 Å². The molecule has 112 valence electrons. The molecule has 2 amide bonds. The van der Waals surface area contributed by atoms with Crippen LogP contribution in [0.5, 0.6) is 0 Å². The van der Waals surface area contributed by atoms with Gasteiger partial charge in [-0.25, -0.2) is 4.39 Å². The number of piperidine rings is 1. The van der Waals surface area contributed by atoms with Gasteiger partial charge in [-0.3, -0.25) is 9.59 Å². The summed E-state index contributed by atoms with van der Waals surface area (Å²) >= 11 is 0. The highest BCUT2D eigenvalue weighted by Gasteiger charge is 2.35. The SMILES string of the molecule is O=C(NC1CCN(C(=O)C2CC2)CC1)c1cccc(F)c1. The molecule has 1 aromatic carbocycles. The Labute approximate surface area is 123 Å². The summed E-state index contributed by atoms with van der Waals surface area (Å²) in [6.45, 7) is 1.40. The Balaban J connectivity index is 1.50. The summed E-state index contributed by atoms with van der Waals surface area (Å²) in [7, 11) is 0. The number of carbonyl (C=O) groups excluding carboxylic acids is 2. The van der Waals surface area contributed by atoms with Gasteiger partial charge in [0.2, 0.25) is 5.91 Å². The first-order valence-electron chi connectivity index (χ1n) is 7.49. The molecule has 21 heavy (non-hydrogen) atoms. The summed E-state index contributed by atoms with van der Waals surface area (Å²) in [4.78, 5) is 25.9. The van der Waals surface area contributed by atoms with Crippen LogP contribution in [0.2, 0.25) is 0 Å². The number of hydrogen-bond donors (Lipinski definition) is 1. The number of rotatable bonds is 3. The molecular formula is C16H19FN2O2. The molecule has 1 aliphatic heterocycles. The van der Waals surface area contributed by atoms with Crippen molar-refractivity contribution in [1.82, 2.24) is 10.2 Å². The second kappa shape index (κ2) is 5.84. The van der Waals surface area contributed by atoms with Gasteiger partial charge in [0.1, 0.15) is 5.82 Å². The molecule has 1 saturated carbocycles. The molecule has 0 unspecified atom stereocenters. The predicted molar refractivity (Wildman–Crippen MR) is 76.2 cm³/mol. The number of carbonyl (C=O) groups is 2. The maximum absolute atomic E-state index is 13.1. The van der Waals surface area contributed by atoms with Crippen LogP contribution in [0.1, 0.15) is 36.0 Å². The Bertz CT molecular complexity index is 549. The van der Waals surface area contributed by atoms with E-state index in [-0.39, 0.29) is 23.8 Å². The maximum atomic E-state index is 13.1. The third-order valence-electron chi connectivity index (χ3n) is 4.16. The van der Waals surface area contributed by atoms with Crippen LogP contribution < -0.4 is 5.32 Å². The van der Waals surface area contributed by atoms with Crippen molar-refractivity contribution < 1.29 is 14.0 Å². The summed E-state index contributed by atoms with van der Waals surface area (Å²) in [5.74, 6) is -0.137. The van der Waals surface area contributed by atoms with Crippen LogP contribution in [0, 0.1) is 11.7 Å². The van der Waals surface area contributed by atoms with E-state index in [2.05, 4.69) is 5.32 Å². The molecule has 1 N–H and O–H groups in total. The maximum Gasteiger partial charge on any atom is 0.251 e. The smallest absolute Gasteiger partial charge is 0.251 e. The Morgan fingerprint density at radius 2 is 1.86 bits per heavy atom. The zero-order valence-electron chi connectivity index (χ0n) is 11.8. The number of nitrogens with one attached hydrogen (secondary N) is 1. The van der Waals surface area contributed by atoms with Crippen molar-refractivity contribution in [1.29, 1.82) is 0 Å². The third-order valence-corrected chi connectivity index (χ3v) is 4.16. The Morgan fingerprint density at radius 1 is 1.14 bits per heavy atom. The number of likely N-dealkylation sites (tertiary alicyclic amines) is 1. The normalized spacial score (nSPS) is 19.4. The van der Waals surface area contributed by atoms with Crippen molar-refractivity contribution in [2.45, 2.75) is 31.7 Å². The molecule has 0 spiro atoms. The van der Waals surface area contributed by atoms with Gasteiger partial charge < -0.3 is 10.2 Å². The minimum Gasteiger partial charge on any atom is -0.349 e. The lowest BCUT2D eigenvalue weighted by Gasteiger charge is -2.32. The monoisotopic (exact) mass is 290 g/mol. The Kier molecular flexibility index (Phi) is 3.90. The largest absolute Gasteiger partial charge is 0.349 e. The molecular weight excluding hydrogens is 271 g/mol. The summed E-state index contributed by atoms with van der Waals surface area (Å²) in [5, 5.41) is 2.92. The fourth-order valence-electron chi connectivity index (χ4n) is 2.73. The lowest BCUT2D eigenvalue weighted by molar-refractivity contribution is -0.133. The molecule has 0 bridgehead atoms. The summed E-state index contributed by atoms with van der Waals surface area (Å²) in [6.07, 6.45) is 3.57. The summed E-state index contributed by atoms with van der Waals surface area (Å²) in [6, 6.07) is 5.74. The van der Waals surface area contributed by atoms with E-state index in [4.69, 9.17) is 0 Å². The van der Waals surface area contributed by atoms with Crippen LogP contribution in [0.4, 0.5) is 4.39 Å². The van der Waals surface area contributed by atoms with E-state index >= 15 is 0 Å². The molecule has 0 radical (unpaired) electrons. The number of nitrogens with zero attached hydrogens (tertiary/aromatic N) is 1. The zero-order valence-corrected chi connectivity index (χ0v) is 11.8. The highest BCUT2D eigenvalue weighted by Crippen LogP contribution is 2.31. The molecule has 0 atom stereocenters. The lowest BCUT2D eigenvalue weighted by Crippen LogP contribution is -2.47. The average Bonchev–Trinajstić information content (AvgIpc) is 3.32. The van der Waals surface area contributed by atoms with E-state index in [1.807, 2.05) is 4.90 Å². The lowest BCUT2D eigenvalue weighted by atomic mass is 10.0. The molecule has 1 saturated heterocycles. The number of hydrogen-bond acceptors (Lipinski definition) is 2. The van der Waals surface area contributed by atoms with Gasteiger partial charge in [0.25, 0.3) is 5.91 Å². The minimum atomic E-state index is -0.410. The molecule has 2 aliphatic rings. The first kappa shape index (κ1) is 14.0. The van der Waals surface area contributed by atoms with Crippen molar-refractivity contribution in [2.24, 2.45) is 5.92 Å². The van der Waals surface area contributed by atoms with Crippen LogP contribution in [0.3, 0.4) is 0 Å². The van der Waals surface area contributed by atoms with Crippen LogP contribution in [-0.4, -0.2) is 35.8 Å². The number of amides is 2. The topological polar surface area (TPSA) is 49.4 Å². The van der Waals surface area contributed by atoms with E-state index in [0.29, 0.717) is 18.7 Å². The molecule has 1 aromatic rings. The Morgan fingerprint density at radius 3 is 2.48 bits per heavy atom. The first-order valence-corrected chi connectivity index (χ1v) is 7.49. The highest BCUT2D eigenvalue weighted by atomic mass is 19.1. The van der Waals surface area contributed by atoms with Crippen LogP contribution >= 0.6 is 0 Å². The van der Waals surface area contributed by atoms with Crippen molar-refractivity contribution >= 4 is 11.8 Å². The molecule has 1 heterocycles. The van der Waals surface area contributed by atoms with Crippen LogP contribution in [0.15, 0.2) is 24.3 Å². The van der Waals surface area contributed by atoms with E-state index in [9.17, 15) is 14.0 Å². The van der Waals surface area contributed by atoms with Gasteiger partial charge in [0, 0.05) is 30.6 Å². The first-order chi connectivity index (χ1) is 10.1. The molecule has 2 fully saturated rings. The van der Waals surface area contributed by atoms with Gasteiger partial charge in [0.05, 0.1) is 0 Å². The fraction of sp³-hybridized carbons (Fsp3) is 0.500. The van der Waals surface area contributed by atoms with Gasteiger partial charge >= 0.3 is 0 Å². The molecule has 4 nitrogen and oxygen atoms in total. The average molecular weight is 290 g/mol. The fourth-order valence-corrected chi connectivity index (χ4v) is 2.73. The zero-order chi connectivity index (χ0) is 14.8. The van der Waals surface area contributed by atoms with E-state index in [0.717, 1.165) is 25.7 Å². The standard InChI is InChI=1S/C16H19FN2O2/c17-13-3-1-2-12(10-13)15(20)18-14-6-8-19(9-7-14)16(21)11-4-5-11/h1-3,10-11,14H,4-9H2,(H,18,20). The molecule has 5 heteroatoms. The molecule has 1 aliphatic carbocycles. The third kappa shape index (κ3) is 3.40. The highest BCUT2D eigenvalue weighted by molar-refractivity contribution is 5.94. The summed E-state index contributed by atoms with van der Waals surface area (Å²) < 4.78 is 13.1. The van der Waals surface area contributed by atoms with Gasteiger partial charge in [-0.15, -0.1) is 0 Å². The number of halogens is 1. The quantitative estimate of drug-likeness (QED) is 0.925. The van der Waals surface area contributed by atoms with Crippen molar-refractivity contribution in [2.75, 3.05) is 13.1 Å². The van der Waals surface area contributed by atoms with E-state index in [1.165, 1.54) is 18.2 Å². The molecule has 3 rings (SSSR count). The van der Waals surface area contributed by atoms with Gasteiger partial charge in [0.15, 0.2) is 0 Å². The van der Waals surface area contributed by atoms with E-state index < -0.39 is 5.82 Å². The van der Waals surface area contributed by atoms with Crippen molar-refractivity contribution in [3.8, 4) is 0 Å². The minimum absolute atomic E-state index is 0.0593. The second-order valence-electron chi connectivity index (χ2n) is 5.86.